The lowest BCUT2D eigenvalue weighted by atomic mass is 10.1. The van der Waals surface area contributed by atoms with Crippen LogP contribution in [0.15, 0.2) is 48.5 Å². The molecule has 0 aromatic heterocycles. The Morgan fingerprint density at radius 3 is 2.22 bits per heavy atom. The molecule has 0 fully saturated rings. The van der Waals surface area contributed by atoms with Crippen LogP contribution in [0.4, 0.5) is 0 Å². The SMILES string of the molecule is COc1cc(/C=C/C(=O)N[C@@H](C)CCc2ccccc2)cc(OC)c1OC. The first-order valence-corrected chi connectivity index (χ1v) is 8.90. The summed E-state index contributed by atoms with van der Waals surface area (Å²) in [7, 11) is 4.68. The predicted molar refractivity (Wildman–Crippen MR) is 107 cm³/mol. The van der Waals surface area contributed by atoms with E-state index in [4.69, 9.17) is 14.2 Å². The molecule has 0 radical (unpaired) electrons. The third-order valence-electron chi connectivity index (χ3n) is 4.21. The molecule has 0 bridgehead atoms. The first-order valence-electron chi connectivity index (χ1n) is 8.90. The van der Waals surface area contributed by atoms with Crippen LogP contribution in [0.2, 0.25) is 0 Å². The molecule has 0 aliphatic carbocycles. The molecule has 5 nitrogen and oxygen atoms in total. The summed E-state index contributed by atoms with van der Waals surface area (Å²) in [6.45, 7) is 2.01. The number of nitrogens with one attached hydrogen (secondary N) is 1. The van der Waals surface area contributed by atoms with Crippen molar-refractivity contribution in [3.63, 3.8) is 0 Å². The van der Waals surface area contributed by atoms with Crippen LogP contribution in [0.25, 0.3) is 6.08 Å². The molecule has 2 aromatic rings. The summed E-state index contributed by atoms with van der Waals surface area (Å²) < 4.78 is 16.0. The van der Waals surface area contributed by atoms with Crippen molar-refractivity contribution in [2.75, 3.05) is 21.3 Å². The molecular formula is C22H27NO4. The molecule has 0 saturated carbocycles. The van der Waals surface area contributed by atoms with Crippen LogP contribution in [0, 0.1) is 0 Å². The Kier molecular flexibility index (Phi) is 7.74. The molecule has 0 aliphatic heterocycles. The zero-order valence-electron chi connectivity index (χ0n) is 16.3. The first kappa shape index (κ1) is 20.4. The van der Waals surface area contributed by atoms with E-state index < -0.39 is 0 Å². The molecule has 2 rings (SSSR count). The largest absolute Gasteiger partial charge is 0.493 e. The van der Waals surface area contributed by atoms with E-state index in [2.05, 4.69) is 17.4 Å². The number of carbonyl (C=O) groups is 1. The van der Waals surface area contributed by atoms with E-state index in [0.717, 1.165) is 18.4 Å². The van der Waals surface area contributed by atoms with Crippen LogP contribution in [0.1, 0.15) is 24.5 Å². The normalized spacial score (nSPS) is 11.9. The van der Waals surface area contributed by atoms with Gasteiger partial charge in [0, 0.05) is 12.1 Å². The molecule has 1 amide bonds. The van der Waals surface area contributed by atoms with Crippen LogP contribution in [0.3, 0.4) is 0 Å². The summed E-state index contributed by atoms with van der Waals surface area (Å²) in [5, 5.41) is 2.99. The van der Waals surface area contributed by atoms with Gasteiger partial charge in [-0.2, -0.15) is 0 Å². The monoisotopic (exact) mass is 369 g/mol. The highest BCUT2D eigenvalue weighted by Crippen LogP contribution is 2.38. The smallest absolute Gasteiger partial charge is 0.244 e. The molecule has 1 N–H and O–H groups in total. The van der Waals surface area contributed by atoms with Crippen LogP contribution < -0.4 is 19.5 Å². The van der Waals surface area contributed by atoms with Gasteiger partial charge in [-0.3, -0.25) is 4.79 Å². The second kappa shape index (κ2) is 10.3. The van der Waals surface area contributed by atoms with Gasteiger partial charge in [-0.05, 0) is 49.1 Å². The molecule has 0 unspecified atom stereocenters. The second-order valence-electron chi connectivity index (χ2n) is 6.23. The Balaban J connectivity index is 1.95. The summed E-state index contributed by atoms with van der Waals surface area (Å²) >= 11 is 0. The average molecular weight is 369 g/mol. The second-order valence-corrected chi connectivity index (χ2v) is 6.23. The lowest BCUT2D eigenvalue weighted by molar-refractivity contribution is -0.117. The number of methoxy groups -OCH3 is 3. The molecule has 2 aromatic carbocycles. The maximum Gasteiger partial charge on any atom is 0.244 e. The summed E-state index contributed by atoms with van der Waals surface area (Å²) in [5.74, 6) is 1.49. The van der Waals surface area contributed by atoms with Gasteiger partial charge in [0.05, 0.1) is 21.3 Å². The lowest BCUT2D eigenvalue weighted by Gasteiger charge is -2.13. The van der Waals surface area contributed by atoms with Crippen molar-refractivity contribution in [1.29, 1.82) is 0 Å². The number of aryl methyl sites for hydroxylation is 1. The fraction of sp³-hybridized carbons (Fsp3) is 0.318. The average Bonchev–Trinajstić information content (AvgIpc) is 2.70. The maximum atomic E-state index is 12.2. The van der Waals surface area contributed by atoms with Crippen molar-refractivity contribution in [3.8, 4) is 17.2 Å². The van der Waals surface area contributed by atoms with Gasteiger partial charge in [-0.1, -0.05) is 30.3 Å². The summed E-state index contributed by atoms with van der Waals surface area (Å²) in [6, 6.07) is 13.9. The zero-order valence-corrected chi connectivity index (χ0v) is 16.3. The van der Waals surface area contributed by atoms with Crippen LogP contribution in [0.5, 0.6) is 17.2 Å². The number of hydrogen-bond acceptors (Lipinski definition) is 4. The van der Waals surface area contributed by atoms with Crippen molar-refractivity contribution < 1.29 is 19.0 Å². The minimum atomic E-state index is -0.135. The van der Waals surface area contributed by atoms with E-state index in [1.807, 2.05) is 25.1 Å². The minimum Gasteiger partial charge on any atom is -0.493 e. The number of rotatable bonds is 9. The van der Waals surface area contributed by atoms with Gasteiger partial charge in [-0.25, -0.2) is 0 Å². The van der Waals surface area contributed by atoms with Crippen molar-refractivity contribution in [1.82, 2.24) is 5.32 Å². The van der Waals surface area contributed by atoms with Gasteiger partial charge in [-0.15, -0.1) is 0 Å². The molecule has 0 spiro atoms. The van der Waals surface area contributed by atoms with Gasteiger partial charge in [0.1, 0.15) is 0 Å². The maximum absolute atomic E-state index is 12.2. The first-order chi connectivity index (χ1) is 13.1. The number of ether oxygens (including phenoxy) is 3. The molecule has 0 aliphatic rings. The van der Waals surface area contributed by atoms with Gasteiger partial charge < -0.3 is 19.5 Å². The Bertz CT molecular complexity index is 746. The van der Waals surface area contributed by atoms with E-state index in [9.17, 15) is 4.79 Å². The van der Waals surface area contributed by atoms with Crippen LogP contribution in [-0.4, -0.2) is 33.3 Å². The Hall–Kier alpha value is -2.95. The van der Waals surface area contributed by atoms with Crippen LogP contribution in [-0.2, 0) is 11.2 Å². The molecular weight excluding hydrogens is 342 g/mol. The summed E-state index contributed by atoms with van der Waals surface area (Å²) in [6.07, 6.45) is 5.05. The molecule has 27 heavy (non-hydrogen) atoms. The topological polar surface area (TPSA) is 56.8 Å². The van der Waals surface area contributed by atoms with Gasteiger partial charge in [0.2, 0.25) is 11.7 Å². The van der Waals surface area contributed by atoms with E-state index in [1.54, 1.807) is 39.5 Å². The molecule has 0 saturated heterocycles. The highest BCUT2D eigenvalue weighted by molar-refractivity contribution is 5.92. The van der Waals surface area contributed by atoms with Crippen molar-refractivity contribution in [2.24, 2.45) is 0 Å². The van der Waals surface area contributed by atoms with Crippen LogP contribution >= 0.6 is 0 Å². The van der Waals surface area contributed by atoms with Gasteiger partial charge in [0.15, 0.2) is 11.5 Å². The number of amides is 1. The third kappa shape index (κ3) is 6.06. The number of hydrogen-bond donors (Lipinski definition) is 1. The fourth-order valence-corrected chi connectivity index (χ4v) is 2.76. The highest BCUT2D eigenvalue weighted by atomic mass is 16.5. The molecule has 0 heterocycles. The molecule has 5 heteroatoms. The number of benzene rings is 2. The standard InChI is InChI=1S/C22H27NO4/c1-16(10-11-17-8-6-5-7-9-17)23-21(24)13-12-18-14-19(25-2)22(27-4)20(15-18)26-3/h5-9,12-16H,10-11H2,1-4H3,(H,23,24)/b13-12+/t16-/m0/s1. The fourth-order valence-electron chi connectivity index (χ4n) is 2.76. The predicted octanol–water partition coefficient (Wildman–Crippen LogP) is 3.86. The minimum absolute atomic E-state index is 0.0855. The van der Waals surface area contributed by atoms with E-state index in [-0.39, 0.29) is 11.9 Å². The lowest BCUT2D eigenvalue weighted by Crippen LogP contribution is -2.31. The highest BCUT2D eigenvalue weighted by Gasteiger charge is 2.12. The number of carbonyl (C=O) groups excluding carboxylic acids is 1. The Morgan fingerprint density at radius 2 is 1.67 bits per heavy atom. The third-order valence-corrected chi connectivity index (χ3v) is 4.21. The van der Waals surface area contributed by atoms with Crippen molar-refractivity contribution >= 4 is 12.0 Å². The zero-order chi connectivity index (χ0) is 19.6. The van der Waals surface area contributed by atoms with Gasteiger partial charge in [0.25, 0.3) is 0 Å². The van der Waals surface area contributed by atoms with E-state index >= 15 is 0 Å². The van der Waals surface area contributed by atoms with E-state index in [1.165, 1.54) is 11.6 Å². The summed E-state index contributed by atoms with van der Waals surface area (Å²) in [5.41, 5.74) is 2.06. The molecule has 144 valence electrons. The van der Waals surface area contributed by atoms with Crippen molar-refractivity contribution in [3.05, 3.63) is 59.7 Å². The Morgan fingerprint density at radius 1 is 1.04 bits per heavy atom. The van der Waals surface area contributed by atoms with Gasteiger partial charge >= 0.3 is 0 Å². The molecule has 1 atom stereocenters. The quantitative estimate of drug-likeness (QED) is 0.682. The van der Waals surface area contributed by atoms with E-state index in [0.29, 0.717) is 17.2 Å². The Labute approximate surface area is 161 Å². The van der Waals surface area contributed by atoms with Crippen molar-refractivity contribution in [2.45, 2.75) is 25.8 Å². The summed E-state index contributed by atoms with van der Waals surface area (Å²) in [4.78, 5) is 12.2.